The van der Waals surface area contributed by atoms with Crippen molar-refractivity contribution >= 4 is 0 Å². The van der Waals surface area contributed by atoms with Crippen molar-refractivity contribution in [2.45, 2.75) is 34.1 Å². The van der Waals surface area contributed by atoms with Gasteiger partial charge in [-0.05, 0) is 37.3 Å². The highest BCUT2D eigenvalue weighted by atomic mass is 14.7. The maximum Gasteiger partial charge on any atom is 0.0404 e. The Morgan fingerprint density at radius 1 is 1.33 bits per heavy atom. The summed E-state index contributed by atoms with van der Waals surface area (Å²) in [6, 6.07) is 2.24. The third-order valence-corrected chi connectivity index (χ3v) is 1.96. The maximum absolute atomic E-state index is 4.33. The molecule has 0 saturated carbocycles. The number of hydrogen-bond acceptors (Lipinski definition) is 1. The van der Waals surface area contributed by atoms with Crippen LogP contribution in [0.3, 0.4) is 0 Å². The van der Waals surface area contributed by atoms with Crippen LogP contribution < -0.4 is 0 Å². The lowest BCUT2D eigenvalue weighted by atomic mass is 10.0. The summed E-state index contributed by atoms with van der Waals surface area (Å²) < 4.78 is 0. The van der Waals surface area contributed by atoms with Gasteiger partial charge in [-0.25, -0.2) is 0 Å². The van der Waals surface area contributed by atoms with Crippen LogP contribution in [0.4, 0.5) is 0 Å². The largest absolute Gasteiger partial charge is 0.261 e. The quantitative estimate of drug-likeness (QED) is 0.653. The van der Waals surface area contributed by atoms with Gasteiger partial charge in [0.05, 0.1) is 0 Å². The Kier molecular flexibility index (Phi) is 2.85. The van der Waals surface area contributed by atoms with Crippen molar-refractivity contribution in [1.82, 2.24) is 4.98 Å². The van der Waals surface area contributed by atoms with Crippen LogP contribution in [0.25, 0.3) is 0 Å². The van der Waals surface area contributed by atoms with E-state index in [0.29, 0.717) is 5.92 Å². The average molecular weight is 163 g/mol. The highest BCUT2D eigenvalue weighted by molar-refractivity contribution is 5.23. The normalized spacial score (nSPS) is 10.8. The zero-order valence-corrected chi connectivity index (χ0v) is 8.39. The highest BCUT2D eigenvalue weighted by Crippen LogP contribution is 2.12. The molecule has 66 valence electrons. The van der Waals surface area contributed by atoms with Crippen molar-refractivity contribution in [3.05, 3.63) is 29.1 Å². The summed E-state index contributed by atoms with van der Waals surface area (Å²) in [7, 11) is 0. The minimum Gasteiger partial charge on any atom is -0.261 e. The van der Waals surface area contributed by atoms with E-state index in [-0.39, 0.29) is 0 Å². The average Bonchev–Trinajstić information content (AvgIpc) is 1.96. The molecule has 0 spiro atoms. The number of aryl methyl sites for hydroxylation is 2. The Bertz CT molecular complexity index is 264. The van der Waals surface area contributed by atoms with Crippen LogP contribution >= 0.6 is 0 Å². The van der Waals surface area contributed by atoms with Gasteiger partial charge in [-0.3, -0.25) is 4.98 Å². The fourth-order valence-corrected chi connectivity index (χ4v) is 1.34. The minimum atomic E-state index is 0.715. The Balaban J connectivity index is 2.90. The van der Waals surface area contributed by atoms with E-state index in [1.807, 2.05) is 6.20 Å². The second-order valence-corrected chi connectivity index (χ2v) is 3.86. The molecule has 1 rings (SSSR count). The summed E-state index contributed by atoms with van der Waals surface area (Å²) in [5.74, 6) is 0.715. The van der Waals surface area contributed by atoms with E-state index >= 15 is 0 Å². The van der Waals surface area contributed by atoms with Crippen LogP contribution in [0, 0.1) is 19.8 Å². The first-order chi connectivity index (χ1) is 5.59. The number of rotatable bonds is 2. The fourth-order valence-electron chi connectivity index (χ4n) is 1.34. The van der Waals surface area contributed by atoms with Crippen LogP contribution in [-0.4, -0.2) is 4.98 Å². The molecule has 0 bridgehead atoms. The van der Waals surface area contributed by atoms with Gasteiger partial charge in [0.15, 0.2) is 0 Å². The van der Waals surface area contributed by atoms with E-state index in [1.165, 1.54) is 16.8 Å². The van der Waals surface area contributed by atoms with Crippen molar-refractivity contribution in [1.29, 1.82) is 0 Å². The van der Waals surface area contributed by atoms with E-state index < -0.39 is 0 Å². The second-order valence-electron chi connectivity index (χ2n) is 3.86. The van der Waals surface area contributed by atoms with E-state index in [9.17, 15) is 0 Å². The number of aromatic nitrogens is 1. The fraction of sp³-hybridized carbons (Fsp3) is 0.545. The molecular weight excluding hydrogens is 146 g/mol. The predicted molar refractivity (Wildman–Crippen MR) is 52.3 cm³/mol. The van der Waals surface area contributed by atoms with Crippen molar-refractivity contribution < 1.29 is 0 Å². The van der Waals surface area contributed by atoms with Gasteiger partial charge in [-0.2, -0.15) is 0 Å². The molecule has 0 saturated heterocycles. The molecule has 1 aromatic rings. The molecule has 0 aromatic carbocycles. The van der Waals surface area contributed by atoms with E-state index in [4.69, 9.17) is 0 Å². The van der Waals surface area contributed by atoms with Gasteiger partial charge >= 0.3 is 0 Å². The van der Waals surface area contributed by atoms with E-state index in [2.05, 4.69) is 38.7 Å². The number of nitrogens with zero attached hydrogens (tertiary/aromatic N) is 1. The summed E-state index contributed by atoms with van der Waals surface area (Å²) in [6.45, 7) is 8.65. The van der Waals surface area contributed by atoms with Crippen LogP contribution in [0.1, 0.15) is 30.7 Å². The molecular formula is C11H17N. The molecule has 0 radical (unpaired) electrons. The van der Waals surface area contributed by atoms with Crippen LogP contribution in [0.2, 0.25) is 0 Å². The van der Waals surface area contributed by atoms with Gasteiger partial charge in [0.1, 0.15) is 0 Å². The standard InChI is InChI=1S/C11H17N/c1-8(2)5-11-6-9(3)7-12-10(11)4/h6-8H,5H2,1-4H3. The molecule has 0 atom stereocenters. The maximum atomic E-state index is 4.33. The lowest BCUT2D eigenvalue weighted by molar-refractivity contribution is 0.642. The summed E-state index contributed by atoms with van der Waals surface area (Å²) in [5.41, 5.74) is 3.83. The van der Waals surface area contributed by atoms with Crippen molar-refractivity contribution in [3.63, 3.8) is 0 Å². The smallest absolute Gasteiger partial charge is 0.0404 e. The molecule has 0 aliphatic rings. The van der Waals surface area contributed by atoms with Crippen molar-refractivity contribution in [3.8, 4) is 0 Å². The van der Waals surface area contributed by atoms with Crippen LogP contribution in [0.15, 0.2) is 12.3 Å². The number of pyridine rings is 1. The predicted octanol–water partition coefficient (Wildman–Crippen LogP) is 2.90. The molecule has 1 heteroatoms. The molecule has 0 unspecified atom stereocenters. The molecule has 0 fully saturated rings. The summed E-state index contributed by atoms with van der Waals surface area (Å²) >= 11 is 0. The lowest BCUT2D eigenvalue weighted by Gasteiger charge is -2.08. The Labute approximate surface area is 74.8 Å². The summed E-state index contributed by atoms with van der Waals surface area (Å²) in [5, 5.41) is 0. The molecule has 1 heterocycles. The molecule has 0 aliphatic carbocycles. The van der Waals surface area contributed by atoms with Gasteiger partial charge in [0.2, 0.25) is 0 Å². The monoisotopic (exact) mass is 163 g/mol. The first kappa shape index (κ1) is 9.24. The highest BCUT2D eigenvalue weighted by Gasteiger charge is 2.02. The second kappa shape index (κ2) is 3.70. The molecule has 1 nitrogen and oxygen atoms in total. The Hall–Kier alpha value is -0.850. The Morgan fingerprint density at radius 3 is 2.58 bits per heavy atom. The molecule has 0 aliphatic heterocycles. The summed E-state index contributed by atoms with van der Waals surface area (Å²) in [4.78, 5) is 4.33. The van der Waals surface area contributed by atoms with Gasteiger partial charge in [-0.15, -0.1) is 0 Å². The molecule has 0 N–H and O–H groups in total. The summed E-state index contributed by atoms with van der Waals surface area (Å²) in [6.07, 6.45) is 3.07. The van der Waals surface area contributed by atoms with Gasteiger partial charge in [0, 0.05) is 11.9 Å². The minimum absolute atomic E-state index is 0.715. The first-order valence-corrected chi connectivity index (χ1v) is 4.51. The lowest BCUT2D eigenvalue weighted by Crippen LogP contribution is -1.99. The Morgan fingerprint density at radius 2 is 2.00 bits per heavy atom. The van der Waals surface area contributed by atoms with E-state index in [1.54, 1.807) is 0 Å². The molecule has 0 amide bonds. The molecule has 1 aromatic heterocycles. The van der Waals surface area contributed by atoms with Crippen LogP contribution in [0.5, 0.6) is 0 Å². The van der Waals surface area contributed by atoms with Gasteiger partial charge < -0.3 is 0 Å². The van der Waals surface area contributed by atoms with Gasteiger partial charge in [0.25, 0.3) is 0 Å². The molecule has 12 heavy (non-hydrogen) atoms. The zero-order chi connectivity index (χ0) is 9.14. The third kappa shape index (κ3) is 2.33. The van der Waals surface area contributed by atoms with E-state index in [0.717, 1.165) is 6.42 Å². The van der Waals surface area contributed by atoms with Crippen molar-refractivity contribution in [2.24, 2.45) is 5.92 Å². The third-order valence-electron chi connectivity index (χ3n) is 1.96. The topological polar surface area (TPSA) is 12.9 Å². The van der Waals surface area contributed by atoms with Crippen molar-refractivity contribution in [2.75, 3.05) is 0 Å². The zero-order valence-electron chi connectivity index (χ0n) is 8.39. The van der Waals surface area contributed by atoms with Gasteiger partial charge in [-0.1, -0.05) is 19.9 Å². The van der Waals surface area contributed by atoms with Crippen LogP contribution in [-0.2, 0) is 6.42 Å². The SMILES string of the molecule is Cc1cnc(C)c(CC(C)C)c1. The first-order valence-electron chi connectivity index (χ1n) is 4.51. The number of hydrogen-bond donors (Lipinski definition) is 0.